The molecule has 5 nitrogen and oxygen atoms in total. The van der Waals surface area contributed by atoms with Crippen LogP contribution in [0.3, 0.4) is 0 Å². The van der Waals surface area contributed by atoms with E-state index >= 15 is 0 Å². The molecule has 156 valence electrons. The third-order valence-electron chi connectivity index (χ3n) is 5.93. The molecule has 1 aromatic carbocycles. The van der Waals surface area contributed by atoms with Gasteiger partial charge in [-0.3, -0.25) is 4.90 Å². The molecule has 0 radical (unpaired) electrons. The minimum atomic E-state index is -0.00151. The number of ether oxygens (including phenoxy) is 1. The summed E-state index contributed by atoms with van der Waals surface area (Å²) in [5.41, 5.74) is 2.50. The van der Waals surface area contributed by atoms with Crippen molar-refractivity contribution in [2.45, 2.75) is 59.2 Å². The molecule has 2 heterocycles. The van der Waals surface area contributed by atoms with Crippen molar-refractivity contribution in [3.63, 3.8) is 0 Å². The highest BCUT2D eigenvalue weighted by atomic mass is 16.5. The third-order valence-corrected chi connectivity index (χ3v) is 5.93. The summed E-state index contributed by atoms with van der Waals surface area (Å²) in [7, 11) is 0. The van der Waals surface area contributed by atoms with Gasteiger partial charge in [-0.2, -0.15) is 0 Å². The second-order valence-electron chi connectivity index (χ2n) is 8.79. The number of rotatable bonds is 7. The molecule has 28 heavy (non-hydrogen) atoms. The molecule has 1 aromatic rings. The molecule has 0 saturated carbocycles. The van der Waals surface area contributed by atoms with Gasteiger partial charge >= 0.3 is 6.03 Å². The van der Waals surface area contributed by atoms with E-state index in [0.717, 1.165) is 43.4 Å². The zero-order valence-corrected chi connectivity index (χ0v) is 17.8. The van der Waals surface area contributed by atoms with Crippen LogP contribution in [-0.4, -0.2) is 54.7 Å². The van der Waals surface area contributed by atoms with Crippen molar-refractivity contribution in [3.8, 4) is 0 Å². The fourth-order valence-electron chi connectivity index (χ4n) is 4.62. The molecule has 2 saturated heterocycles. The molecule has 2 aliphatic rings. The van der Waals surface area contributed by atoms with Gasteiger partial charge < -0.3 is 15.0 Å². The van der Waals surface area contributed by atoms with E-state index < -0.39 is 0 Å². The van der Waals surface area contributed by atoms with Gasteiger partial charge in [-0.1, -0.05) is 38.1 Å². The second-order valence-corrected chi connectivity index (χ2v) is 8.79. The van der Waals surface area contributed by atoms with Gasteiger partial charge in [-0.15, -0.1) is 0 Å². The summed E-state index contributed by atoms with van der Waals surface area (Å²) in [6.07, 6.45) is 3.70. The number of carbonyl (C=O) groups excluding carboxylic acids is 1. The van der Waals surface area contributed by atoms with Crippen LogP contribution < -0.4 is 5.32 Å². The molecule has 5 heteroatoms. The SMILES string of the molecule is CCN(CC1CCCO1)C(=O)NCc1ccc(CN2CC(C)CC(C)C2)cc1. The van der Waals surface area contributed by atoms with Crippen LogP contribution in [0.1, 0.15) is 51.2 Å². The monoisotopic (exact) mass is 387 g/mol. The first-order chi connectivity index (χ1) is 13.5. The molecule has 3 unspecified atom stereocenters. The minimum Gasteiger partial charge on any atom is -0.376 e. The summed E-state index contributed by atoms with van der Waals surface area (Å²) in [5.74, 6) is 1.57. The summed E-state index contributed by atoms with van der Waals surface area (Å²) in [6, 6.07) is 8.69. The highest BCUT2D eigenvalue weighted by Gasteiger charge is 2.22. The topological polar surface area (TPSA) is 44.8 Å². The van der Waals surface area contributed by atoms with Crippen LogP contribution in [0.15, 0.2) is 24.3 Å². The van der Waals surface area contributed by atoms with Crippen molar-refractivity contribution in [2.75, 3.05) is 32.8 Å². The molecule has 0 aliphatic carbocycles. The van der Waals surface area contributed by atoms with Gasteiger partial charge in [0.15, 0.2) is 0 Å². The Morgan fingerprint density at radius 3 is 2.46 bits per heavy atom. The fourth-order valence-corrected chi connectivity index (χ4v) is 4.62. The molecule has 3 rings (SSSR count). The Balaban J connectivity index is 1.45. The van der Waals surface area contributed by atoms with Crippen LogP contribution in [0.25, 0.3) is 0 Å². The zero-order valence-electron chi connectivity index (χ0n) is 17.8. The number of likely N-dealkylation sites (N-methyl/N-ethyl adjacent to an activating group) is 1. The van der Waals surface area contributed by atoms with Crippen LogP contribution in [-0.2, 0) is 17.8 Å². The standard InChI is InChI=1S/C23H37N3O2/c1-4-26(17-22-6-5-11-28-22)23(27)24-13-20-7-9-21(10-8-20)16-25-14-18(2)12-19(3)15-25/h7-10,18-19,22H,4-6,11-17H2,1-3H3,(H,24,27). The maximum Gasteiger partial charge on any atom is 0.317 e. The van der Waals surface area contributed by atoms with Crippen molar-refractivity contribution < 1.29 is 9.53 Å². The predicted octanol–water partition coefficient (Wildman–Crippen LogP) is 3.88. The van der Waals surface area contributed by atoms with E-state index in [1.807, 2.05) is 11.8 Å². The van der Waals surface area contributed by atoms with Crippen molar-refractivity contribution >= 4 is 6.03 Å². The maximum atomic E-state index is 12.5. The first-order valence-corrected chi connectivity index (χ1v) is 11.0. The number of hydrogen-bond acceptors (Lipinski definition) is 3. The van der Waals surface area contributed by atoms with Crippen LogP contribution in [0, 0.1) is 11.8 Å². The van der Waals surface area contributed by atoms with E-state index in [-0.39, 0.29) is 12.1 Å². The molecule has 3 atom stereocenters. The van der Waals surface area contributed by atoms with Crippen molar-refractivity contribution in [1.29, 1.82) is 0 Å². The number of nitrogens with zero attached hydrogens (tertiary/aromatic N) is 2. The lowest BCUT2D eigenvalue weighted by molar-refractivity contribution is 0.0826. The fraction of sp³-hybridized carbons (Fsp3) is 0.696. The van der Waals surface area contributed by atoms with E-state index in [4.69, 9.17) is 4.74 Å². The molecule has 0 spiro atoms. The number of likely N-dealkylation sites (tertiary alicyclic amines) is 1. The Morgan fingerprint density at radius 1 is 1.18 bits per heavy atom. The smallest absolute Gasteiger partial charge is 0.317 e. The van der Waals surface area contributed by atoms with Crippen LogP contribution >= 0.6 is 0 Å². The Kier molecular flexibility index (Phi) is 7.74. The first kappa shape index (κ1) is 21.1. The van der Waals surface area contributed by atoms with Crippen molar-refractivity contribution in [1.82, 2.24) is 15.1 Å². The Bertz CT molecular complexity index is 603. The van der Waals surface area contributed by atoms with Gasteiger partial charge in [-0.25, -0.2) is 4.79 Å². The van der Waals surface area contributed by atoms with Crippen LogP contribution in [0.2, 0.25) is 0 Å². The lowest BCUT2D eigenvalue weighted by atomic mass is 9.91. The van der Waals surface area contributed by atoms with Gasteiger partial charge in [0.2, 0.25) is 0 Å². The number of amides is 2. The van der Waals surface area contributed by atoms with Crippen molar-refractivity contribution in [3.05, 3.63) is 35.4 Å². The second kappa shape index (κ2) is 10.3. The van der Waals surface area contributed by atoms with E-state index in [1.54, 1.807) is 0 Å². The highest BCUT2D eigenvalue weighted by Crippen LogP contribution is 2.22. The average Bonchev–Trinajstić information content (AvgIpc) is 3.17. The molecule has 2 fully saturated rings. The van der Waals surface area contributed by atoms with Crippen LogP contribution in [0.5, 0.6) is 0 Å². The first-order valence-electron chi connectivity index (χ1n) is 11.0. The van der Waals surface area contributed by atoms with Gasteiger partial charge in [0, 0.05) is 45.9 Å². The molecule has 1 N–H and O–H groups in total. The Labute approximate surface area is 170 Å². The third kappa shape index (κ3) is 6.21. The molecular weight excluding hydrogens is 350 g/mol. The largest absolute Gasteiger partial charge is 0.376 e. The van der Waals surface area contributed by atoms with Crippen molar-refractivity contribution in [2.24, 2.45) is 11.8 Å². The number of benzene rings is 1. The summed E-state index contributed by atoms with van der Waals surface area (Å²) in [4.78, 5) is 16.9. The van der Waals surface area contributed by atoms with E-state index in [0.29, 0.717) is 19.6 Å². The summed E-state index contributed by atoms with van der Waals surface area (Å²) >= 11 is 0. The van der Waals surface area contributed by atoms with E-state index in [1.165, 1.54) is 25.1 Å². The number of piperidine rings is 1. The van der Waals surface area contributed by atoms with E-state index in [2.05, 4.69) is 48.3 Å². The Morgan fingerprint density at radius 2 is 1.86 bits per heavy atom. The van der Waals surface area contributed by atoms with Gasteiger partial charge in [0.25, 0.3) is 0 Å². The summed E-state index contributed by atoms with van der Waals surface area (Å²) in [5, 5.41) is 3.06. The lowest BCUT2D eigenvalue weighted by Gasteiger charge is -2.35. The van der Waals surface area contributed by atoms with E-state index in [9.17, 15) is 4.79 Å². The number of hydrogen-bond donors (Lipinski definition) is 1. The summed E-state index contributed by atoms with van der Waals surface area (Å²) in [6.45, 7) is 12.9. The number of carbonyl (C=O) groups is 1. The van der Waals surface area contributed by atoms with Gasteiger partial charge in [0.1, 0.15) is 0 Å². The number of nitrogens with one attached hydrogen (secondary N) is 1. The maximum absolute atomic E-state index is 12.5. The number of urea groups is 1. The minimum absolute atomic E-state index is 0.00151. The lowest BCUT2D eigenvalue weighted by Crippen LogP contribution is -2.43. The molecule has 2 amide bonds. The molecule has 2 aliphatic heterocycles. The van der Waals surface area contributed by atoms with Gasteiger partial charge in [-0.05, 0) is 49.1 Å². The Hall–Kier alpha value is -1.59. The zero-order chi connectivity index (χ0) is 19.9. The quantitative estimate of drug-likeness (QED) is 0.772. The molecular formula is C23H37N3O2. The molecule has 0 aromatic heterocycles. The van der Waals surface area contributed by atoms with Crippen LogP contribution in [0.4, 0.5) is 4.79 Å². The average molecular weight is 388 g/mol. The predicted molar refractivity (Wildman–Crippen MR) is 113 cm³/mol. The summed E-state index contributed by atoms with van der Waals surface area (Å²) < 4.78 is 5.66. The molecule has 0 bridgehead atoms. The highest BCUT2D eigenvalue weighted by molar-refractivity contribution is 5.74. The normalized spacial score (nSPS) is 25.6. The van der Waals surface area contributed by atoms with Gasteiger partial charge in [0.05, 0.1) is 6.10 Å².